The van der Waals surface area contributed by atoms with Crippen LogP contribution in [0.1, 0.15) is 82.6 Å². The monoisotopic (exact) mass is 468 g/mol. The number of carbonyl (C=O) groups is 2. The molecular formula is C24H37ClN2O5. The van der Waals surface area contributed by atoms with E-state index in [4.69, 9.17) is 21.1 Å². The van der Waals surface area contributed by atoms with E-state index in [0.717, 1.165) is 37.8 Å². The summed E-state index contributed by atoms with van der Waals surface area (Å²) >= 11 is 5.87. The molecule has 0 spiro atoms. The molecule has 32 heavy (non-hydrogen) atoms. The first-order valence-corrected chi connectivity index (χ1v) is 11.9. The number of hydrogen-bond acceptors (Lipinski definition) is 7. The van der Waals surface area contributed by atoms with Gasteiger partial charge in [-0.25, -0.2) is 4.98 Å². The molecule has 7 nitrogen and oxygen atoms in total. The van der Waals surface area contributed by atoms with Crippen LogP contribution >= 0.6 is 11.6 Å². The van der Waals surface area contributed by atoms with E-state index in [-0.39, 0.29) is 5.97 Å². The molecule has 2 rings (SSSR count). The normalized spacial score (nSPS) is 16.1. The van der Waals surface area contributed by atoms with Crippen LogP contribution < -0.4 is 4.90 Å². The summed E-state index contributed by atoms with van der Waals surface area (Å²) in [6.45, 7) is 7.83. The van der Waals surface area contributed by atoms with Crippen LogP contribution in [0.25, 0.3) is 0 Å². The first-order chi connectivity index (χ1) is 15.1. The molecule has 0 amide bonds. The summed E-state index contributed by atoms with van der Waals surface area (Å²) in [4.78, 5) is 29.1. The third kappa shape index (κ3) is 9.43. The molecule has 2 heterocycles. The Balaban J connectivity index is 1.56. The standard InChI is InChI=1S/C24H37ClN2O5/c1-23(2,3)32-22(29)9-7-5-4-6-8-16-31-18-24(30)12-14-27(15-13-24)20-10-11-21(25)26-19(20)17-28/h10-11,17,30H,4-9,12-16,18H2,1-3H3. The number of aldehydes is 1. The Kier molecular flexibility index (Phi) is 10.4. The lowest BCUT2D eigenvalue weighted by Crippen LogP contribution is -2.47. The average molecular weight is 469 g/mol. The second-order valence-corrected chi connectivity index (χ2v) is 9.91. The number of ether oxygens (including phenoxy) is 2. The molecule has 1 aliphatic heterocycles. The summed E-state index contributed by atoms with van der Waals surface area (Å²) in [6.07, 6.45) is 7.20. The van der Waals surface area contributed by atoms with Gasteiger partial charge in [0, 0.05) is 26.1 Å². The second-order valence-electron chi connectivity index (χ2n) is 9.52. The molecule has 1 aromatic rings. The quantitative estimate of drug-likeness (QED) is 0.208. The summed E-state index contributed by atoms with van der Waals surface area (Å²) in [5, 5.41) is 11.1. The zero-order valence-electron chi connectivity index (χ0n) is 19.6. The Morgan fingerprint density at radius 2 is 1.84 bits per heavy atom. The summed E-state index contributed by atoms with van der Waals surface area (Å²) in [6, 6.07) is 3.47. The van der Waals surface area contributed by atoms with E-state index in [1.807, 2.05) is 20.8 Å². The van der Waals surface area contributed by atoms with Gasteiger partial charge in [-0.2, -0.15) is 0 Å². The number of aliphatic hydroxyl groups is 1. The predicted molar refractivity (Wildman–Crippen MR) is 125 cm³/mol. The highest BCUT2D eigenvalue weighted by Gasteiger charge is 2.33. The molecule has 1 aliphatic rings. The molecule has 0 atom stereocenters. The lowest BCUT2D eigenvalue weighted by atomic mass is 9.92. The number of piperidine rings is 1. The van der Waals surface area contributed by atoms with Crippen LogP contribution in [0.5, 0.6) is 0 Å². The number of anilines is 1. The van der Waals surface area contributed by atoms with Gasteiger partial charge in [-0.15, -0.1) is 0 Å². The van der Waals surface area contributed by atoms with Crippen molar-refractivity contribution in [3.8, 4) is 0 Å². The lowest BCUT2D eigenvalue weighted by Gasteiger charge is -2.39. The Hall–Kier alpha value is -1.70. The van der Waals surface area contributed by atoms with E-state index >= 15 is 0 Å². The predicted octanol–water partition coefficient (Wildman–Crippen LogP) is 4.58. The highest BCUT2D eigenvalue weighted by molar-refractivity contribution is 6.29. The number of nitrogens with zero attached hydrogens (tertiary/aromatic N) is 2. The van der Waals surface area contributed by atoms with Gasteiger partial charge in [0.25, 0.3) is 0 Å². The van der Waals surface area contributed by atoms with Crippen molar-refractivity contribution in [3.05, 3.63) is 23.0 Å². The van der Waals surface area contributed by atoms with Gasteiger partial charge in [0.1, 0.15) is 16.4 Å². The topological polar surface area (TPSA) is 89.0 Å². The molecule has 1 N–H and O–H groups in total. The van der Waals surface area contributed by atoms with Crippen LogP contribution in [0.2, 0.25) is 5.15 Å². The van der Waals surface area contributed by atoms with Gasteiger partial charge in [-0.05, 0) is 58.6 Å². The average Bonchev–Trinajstić information content (AvgIpc) is 2.72. The SMILES string of the molecule is CC(C)(C)OC(=O)CCCCCCCOCC1(O)CCN(c2ccc(Cl)nc2C=O)CC1. The van der Waals surface area contributed by atoms with E-state index in [2.05, 4.69) is 9.88 Å². The molecule has 1 saturated heterocycles. The van der Waals surface area contributed by atoms with Crippen molar-refractivity contribution in [3.63, 3.8) is 0 Å². The van der Waals surface area contributed by atoms with Crippen molar-refractivity contribution in [2.45, 2.75) is 83.3 Å². The van der Waals surface area contributed by atoms with Crippen LogP contribution in [0.3, 0.4) is 0 Å². The maximum absolute atomic E-state index is 11.7. The van der Waals surface area contributed by atoms with E-state index in [1.165, 1.54) is 0 Å². The van der Waals surface area contributed by atoms with Gasteiger partial charge < -0.3 is 19.5 Å². The van der Waals surface area contributed by atoms with Gasteiger partial charge >= 0.3 is 5.97 Å². The van der Waals surface area contributed by atoms with E-state index in [0.29, 0.717) is 62.7 Å². The second kappa shape index (κ2) is 12.5. The van der Waals surface area contributed by atoms with Gasteiger partial charge in [0.15, 0.2) is 6.29 Å². The van der Waals surface area contributed by atoms with Crippen molar-refractivity contribution in [1.82, 2.24) is 4.98 Å². The highest BCUT2D eigenvalue weighted by Crippen LogP contribution is 2.28. The van der Waals surface area contributed by atoms with Crippen LogP contribution in [0, 0.1) is 0 Å². The van der Waals surface area contributed by atoms with Gasteiger partial charge in [0.2, 0.25) is 0 Å². The van der Waals surface area contributed by atoms with Crippen LogP contribution in [-0.2, 0) is 14.3 Å². The van der Waals surface area contributed by atoms with Crippen LogP contribution in [-0.4, -0.2) is 59.9 Å². The number of rotatable bonds is 12. The number of esters is 1. The molecule has 1 aromatic heterocycles. The molecule has 1 fully saturated rings. The molecule has 0 saturated carbocycles. The number of aromatic nitrogens is 1. The van der Waals surface area contributed by atoms with Gasteiger partial charge in [-0.1, -0.05) is 30.9 Å². The molecule has 0 bridgehead atoms. The van der Waals surface area contributed by atoms with Gasteiger partial charge in [-0.3, -0.25) is 9.59 Å². The molecule has 0 aliphatic carbocycles. The van der Waals surface area contributed by atoms with Crippen molar-refractivity contribution in [2.24, 2.45) is 0 Å². The lowest BCUT2D eigenvalue weighted by molar-refractivity contribution is -0.154. The number of carbonyl (C=O) groups excluding carboxylic acids is 2. The molecular weight excluding hydrogens is 432 g/mol. The Bertz CT molecular complexity index is 742. The number of pyridine rings is 1. The van der Waals surface area contributed by atoms with E-state index in [9.17, 15) is 14.7 Å². The maximum Gasteiger partial charge on any atom is 0.306 e. The van der Waals surface area contributed by atoms with Gasteiger partial charge in [0.05, 0.1) is 17.9 Å². The van der Waals surface area contributed by atoms with E-state index < -0.39 is 11.2 Å². The fraction of sp³-hybridized carbons (Fsp3) is 0.708. The fourth-order valence-corrected chi connectivity index (χ4v) is 3.92. The fourth-order valence-electron chi connectivity index (χ4n) is 3.76. The van der Waals surface area contributed by atoms with Crippen LogP contribution in [0.15, 0.2) is 12.1 Å². The van der Waals surface area contributed by atoms with Crippen molar-refractivity contribution >= 4 is 29.5 Å². The molecule has 180 valence electrons. The maximum atomic E-state index is 11.7. The summed E-state index contributed by atoms with van der Waals surface area (Å²) in [5.41, 5.74) is -0.185. The summed E-state index contributed by atoms with van der Waals surface area (Å²) in [7, 11) is 0. The van der Waals surface area contributed by atoms with Crippen molar-refractivity contribution < 1.29 is 24.2 Å². The zero-order valence-corrected chi connectivity index (χ0v) is 20.3. The Morgan fingerprint density at radius 1 is 1.19 bits per heavy atom. The largest absolute Gasteiger partial charge is 0.460 e. The van der Waals surface area contributed by atoms with Crippen molar-refractivity contribution in [2.75, 3.05) is 31.2 Å². The molecule has 0 radical (unpaired) electrons. The minimum absolute atomic E-state index is 0.130. The minimum Gasteiger partial charge on any atom is -0.460 e. The summed E-state index contributed by atoms with van der Waals surface area (Å²) in [5.74, 6) is -0.130. The summed E-state index contributed by atoms with van der Waals surface area (Å²) < 4.78 is 11.1. The number of hydrogen-bond donors (Lipinski definition) is 1. The van der Waals surface area contributed by atoms with E-state index in [1.54, 1.807) is 12.1 Å². The number of unbranched alkanes of at least 4 members (excludes halogenated alkanes) is 4. The van der Waals surface area contributed by atoms with Crippen LogP contribution in [0.4, 0.5) is 5.69 Å². The molecule has 0 unspecified atom stereocenters. The molecule has 8 heteroatoms. The Labute approximate surface area is 196 Å². The van der Waals surface area contributed by atoms with Crippen molar-refractivity contribution in [1.29, 1.82) is 0 Å². The number of halogens is 1. The highest BCUT2D eigenvalue weighted by atomic mass is 35.5. The first kappa shape index (κ1) is 26.6. The molecule has 0 aromatic carbocycles. The first-order valence-electron chi connectivity index (χ1n) is 11.5. The third-order valence-corrected chi connectivity index (χ3v) is 5.69. The zero-order chi connectivity index (χ0) is 23.6. The Morgan fingerprint density at radius 3 is 2.50 bits per heavy atom. The smallest absolute Gasteiger partial charge is 0.306 e. The third-order valence-electron chi connectivity index (χ3n) is 5.48. The minimum atomic E-state index is -0.842.